The third-order valence-corrected chi connectivity index (χ3v) is 6.51. The van der Waals surface area contributed by atoms with Crippen LogP contribution in [0.3, 0.4) is 0 Å². The number of anilines is 1. The zero-order valence-electron chi connectivity index (χ0n) is 15.8. The lowest BCUT2D eigenvalue weighted by atomic mass is 10.2. The van der Waals surface area contributed by atoms with Gasteiger partial charge in [0.15, 0.2) is 0 Å². The average molecular weight is 442 g/mol. The number of benzene rings is 2. The SMILES string of the molecule is Cl.O=[N+]([O-])c1cccc(N(CC(O)CN2CCCC2)S(=O)(=O)c2ccccc2)c1. The summed E-state index contributed by atoms with van der Waals surface area (Å²) in [4.78, 5) is 12.7. The first-order valence-corrected chi connectivity index (χ1v) is 10.5. The van der Waals surface area contributed by atoms with E-state index in [4.69, 9.17) is 0 Å². The highest BCUT2D eigenvalue weighted by molar-refractivity contribution is 7.92. The van der Waals surface area contributed by atoms with Crippen LogP contribution in [0.4, 0.5) is 11.4 Å². The maximum atomic E-state index is 13.2. The molecule has 1 unspecified atom stereocenters. The van der Waals surface area contributed by atoms with Crippen LogP contribution in [0, 0.1) is 10.1 Å². The van der Waals surface area contributed by atoms with Crippen LogP contribution in [0.1, 0.15) is 12.8 Å². The van der Waals surface area contributed by atoms with Crippen LogP contribution in [-0.4, -0.2) is 55.6 Å². The van der Waals surface area contributed by atoms with Crippen LogP contribution in [-0.2, 0) is 10.0 Å². The van der Waals surface area contributed by atoms with E-state index in [0.29, 0.717) is 6.54 Å². The van der Waals surface area contributed by atoms with Crippen molar-refractivity contribution in [3.8, 4) is 0 Å². The molecule has 158 valence electrons. The third kappa shape index (κ3) is 5.66. The Morgan fingerprint density at radius 3 is 2.38 bits per heavy atom. The Hall–Kier alpha value is -2.20. The first-order chi connectivity index (χ1) is 13.4. The van der Waals surface area contributed by atoms with E-state index in [0.717, 1.165) is 30.2 Å². The molecule has 0 bridgehead atoms. The summed E-state index contributed by atoms with van der Waals surface area (Å²) in [5.74, 6) is 0. The highest BCUT2D eigenvalue weighted by Gasteiger charge is 2.29. The van der Waals surface area contributed by atoms with Crippen LogP contribution in [0.25, 0.3) is 0 Å². The lowest BCUT2D eigenvalue weighted by Gasteiger charge is -2.28. The second-order valence-electron chi connectivity index (χ2n) is 6.79. The van der Waals surface area contributed by atoms with Gasteiger partial charge in [-0.1, -0.05) is 24.3 Å². The minimum Gasteiger partial charge on any atom is -0.390 e. The van der Waals surface area contributed by atoms with Crippen LogP contribution in [0.15, 0.2) is 59.5 Å². The minimum atomic E-state index is -3.99. The molecule has 1 fully saturated rings. The van der Waals surface area contributed by atoms with E-state index in [9.17, 15) is 23.6 Å². The van der Waals surface area contributed by atoms with Crippen molar-refractivity contribution in [1.29, 1.82) is 0 Å². The van der Waals surface area contributed by atoms with Gasteiger partial charge in [-0.2, -0.15) is 0 Å². The average Bonchev–Trinajstić information content (AvgIpc) is 3.19. The molecule has 10 heteroatoms. The fourth-order valence-electron chi connectivity index (χ4n) is 3.34. The van der Waals surface area contributed by atoms with Crippen LogP contribution >= 0.6 is 12.4 Å². The molecule has 1 N–H and O–H groups in total. The summed E-state index contributed by atoms with van der Waals surface area (Å²) in [7, 11) is -3.99. The number of halogens is 1. The van der Waals surface area contributed by atoms with Crippen LogP contribution < -0.4 is 4.31 Å². The van der Waals surface area contributed by atoms with Gasteiger partial charge in [-0.05, 0) is 44.1 Å². The lowest BCUT2D eigenvalue weighted by molar-refractivity contribution is -0.384. The summed E-state index contributed by atoms with van der Waals surface area (Å²) < 4.78 is 27.5. The van der Waals surface area contributed by atoms with E-state index in [1.807, 2.05) is 0 Å². The third-order valence-electron chi connectivity index (χ3n) is 4.70. The van der Waals surface area contributed by atoms with E-state index in [-0.39, 0.29) is 35.2 Å². The molecule has 29 heavy (non-hydrogen) atoms. The summed E-state index contributed by atoms with van der Waals surface area (Å²) in [5.41, 5.74) is -0.0571. The number of hydrogen-bond acceptors (Lipinski definition) is 6. The van der Waals surface area contributed by atoms with Gasteiger partial charge in [-0.25, -0.2) is 8.42 Å². The van der Waals surface area contributed by atoms with Crippen LogP contribution in [0.5, 0.6) is 0 Å². The van der Waals surface area contributed by atoms with E-state index in [2.05, 4.69) is 4.90 Å². The maximum Gasteiger partial charge on any atom is 0.271 e. The monoisotopic (exact) mass is 441 g/mol. The van der Waals surface area contributed by atoms with Gasteiger partial charge in [0.25, 0.3) is 15.7 Å². The highest BCUT2D eigenvalue weighted by atomic mass is 35.5. The molecule has 0 spiro atoms. The Balaban J connectivity index is 0.00000300. The summed E-state index contributed by atoms with van der Waals surface area (Å²) in [5, 5.41) is 21.7. The summed E-state index contributed by atoms with van der Waals surface area (Å²) in [6.45, 7) is 1.92. The van der Waals surface area contributed by atoms with Gasteiger partial charge >= 0.3 is 0 Å². The number of non-ortho nitro benzene ring substituents is 1. The number of likely N-dealkylation sites (tertiary alicyclic amines) is 1. The summed E-state index contributed by atoms with van der Waals surface area (Å²) in [6.07, 6.45) is 1.20. The number of rotatable bonds is 8. The molecule has 0 amide bonds. The molecule has 1 heterocycles. The fraction of sp³-hybridized carbons (Fsp3) is 0.368. The summed E-state index contributed by atoms with van der Waals surface area (Å²) >= 11 is 0. The van der Waals surface area contributed by atoms with E-state index < -0.39 is 21.1 Å². The molecule has 1 aliphatic rings. The van der Waals surface area contributed by atoms with Crippen molar-refractivity contribution in [2.45, 2.75) is 23.8 Å². The van der Waals surface area contributed by atoms with Crippen molar-refractivity contribution in [3.63, 3.8) is 0 Å². The van der Waals surface area contributed by atoms with Gasteiger partial charge in [0, 0.05) is 18.7 Å². The predicted molar refractivity (Wildman–Crippen MR) is 113 cm³/mol. The number of aliphatic hydroxyl groups excluding tert-OH is 1. The van der Waals surface area contributed by atoms with Crippen LogP contribution in [0.2, 0.25) is 0 Å². The van der Waals surface area contributed by atoms with Gasteiger partial charge in [0.05, 0.1) is 28.2 Å². The van der Waals surface area contributed by atoms with Crippen molar-refractivity contribution >= 4 is 33.8 Å². The Labute approximate surface area is 176 Å². The molecule has 1 aliphatic heterocycles. The molecular formula is C19H24ClN3O5S. The number of nitrogens with zero attached hydrogens (tertiary/aromatic N) is 3. The topological polar surface area (TPSA) is 104 Å². The molecule has 0 aliphatic carbocycles. The van der Waals surface area contributed by atoms with Gasteiger partial charge in [0.2, 0.25) is 0 Å². The number of hydrogen-bond donors (Lipinski definition) is 1. The van der Waals surface area contributed by atoms with Gasteiger partial charge in [-0.3, -0.25) is 14.4 Å². The molecule has 8 nitrogen and oxygen atoms in total. The Kier molecular flexibility index (Phi) is 7.97. The quantitative estimate of drug-likeness (QED) is 0.499. The first kappa shape index (κ1) is 23.1. The number of sulfonamides is 1. The Bertz CT molecular complexity index is 920. The van der Waals surface area contributed by atoms with Crippen molar-refractivity contribution in [2.75, 3.05) is 30.5 Å². The van der Waals surface area contributed by atoms with Crippen molar-refractivity contribution in [1.82, 2.24) is 4.90 Å². The van der Waals surface area contributed by atoms with Crippen molar-refractivity contribution < 1.29 is 18.4 Å². The minimum absolute atomic E-state index is 0. The molecule has 1 saturated heterocycles. The van der Waals surface area contributed by atoms with E-state index >= 15 is 0 Å². The van der Waals surface area contributed by atoms with Crippen molar-refractivity contribution in [2.24, 2.45) is 0 Å². The maximum absolute atomic E-state index is 13.2. The van der Waals surface area contributed by atoms with Gasteiger partial charge in [-0.15, -0.1) is 12.4 Å². The normalized spacial score (nSPS) is 15.5. The zero-order valence-corrected chi connectivity index (χ0v) is 17.4. The predicted octanol–water partition coefficient (Wildman–Crippen LogP) is 2.67. The molecular weight excluding hydrogens is 418 g/mol. The molecule has 2 aromatic carbocycles. The lowest BCUT2D eigenvalue weighted by Crippen LogP contribution is -2.42. The molecule has 0 radical (unpaired) electrons. The largest absolute Gasteiger partial charge is 0.390 e. The second-order valence-corrected chi connectivity index (χ2v) is 8.65. The standard InChI is InChI=1S/C19H23N3O5S.ClH/c23-18(14-20-11-4-5-12-20)15-21(16-7-6-8-17(13-16)22(24)25)28(26,27)19-9-2-1-3-10-19;/h1-3,6-10,13,18,23H,4-5,11-12,14-15H2;1H. The molecule has 0 aromatic heterocycles. The number of nitro benzene ring substituents is 1. The molecule has 2 aromatic rings. The molecule has 3 rings (SSSR count). The van der Waals surface area contributed by atoms with Crippen molar-refractivity contribution in [3.05, 3.63) is 64.7 Å². The first-order valence-electron chi connectivity index (χ1n) is 9.10. The Morgan fingerprint density at radius 2 is 1.76 bits per heavy atom. The molecule has 1 atom stereocenters. The fourth-order valence-corrected chi connectivity index (χ4v) is 4.85. The van der Waals surface area contributed by atoms with Gasteiger partial charge < -0.3 is 10.0 Å². The zero-order chi connectivity index (χ0) is 20.1. The van der Waals surface area contributed by atoms with E-state index in [1.54, 1.807) is 18.2 Å². The number of β-amino-alcohol motifs (C(OH)–C–C–N with tert-alkyl or cyclic N) is 1. The Morgan fingerprint density at radius 1 is 1.10 bits per heavy atom. The second kappa shape index (κ2) is 10.0. The smallest absolute Gasteiger partial charge is 0.271 e. The molecule has 0 saturated carbocycles. The van der Waals surface area contributed by atoms with Gasteiger partial charge in [0.1, 0.15) is 0 Å². The number of aliphatic hydroxyl groups is 1. The number of nitro groups is 1. The summed E-state index contributed by atoms with van der Waals surface area (Å²) in [6, 6.07) is 13.3. The van der Waals surface area contributed by atoms with E-state index in [1.165, 1.54) is 36.4 Å². The highest BCUT2D eigenvalue weighted by Crippen LogP contribution is 2.27.